The number of ether oxygens (including phenoxy) is 2. The van der Waals surface area contributed by atoms with Crippen LogP contribution >= 0.6 is 0 Å². The molecule has 0 aliphatic heterocycles. The fraction of sp³-hybridized carbons (Fsp3) is 0.333. The van der Waals surface area contributed by atoms with Gasteiger partial charge >= 0.3 is 23.6 Å². The van der Waals surface area contributed by atoms with Crippen molar-refractivity contribution in [3.05, 3.63) is 32.1 Å². The largest absolute Gasteiger partial charge is 0.574 e. The number of alkyl halides is 3. The number of aromatic amines is 1. The molecule has 0 saturated carbocycles. The fourth-order valence-corrected chi connectivity index (χ4v) is 1.32. The Morgan fingerprint density at radius 3 is 2.55 bits per heavy atom. The molecule has 0 aliphatic rings. The standard InChI is InChI=1S/C9H7F3N2O6/c1-19-6(15)3-4-2-5(20-9(10,11)12)13-8(16)7(4)14(17)18/h2H,3H2,1H3,(H,13,16). The summed E-state index contributed by atoms with van der Waals surface area (Å²) in [6.07, 6.45) is -5.84. The Hall–Kier alpha value is -2.59. The van der Waals surface area contributed by atoms with E-state index in [1.165, 1.54) is 0 Å². The Kier molecular flexibility index (Phi) is 4.32. The summed E-state index contributed by atoms with van der Waals surface area (Å²) in [4.78, 5) is 33.5. The van der Waals surface area contributed by atoms with Crippen LogP contribution in [0.5, 0.6) is 5.88 Å². The first-order valence-electron chi connectivity index (χ1n) is 4.87. The van der Waals surface area contributed by atoms with Crippen molar-refractivity contribution in [2.45, 2.75) is 12.8 Å². The zero-order valence-electron chi connectivity index (χ0n) is 9.82. The molecule has 0 amide bonds. The van der Waals surface area contributed by atoms with Crippen LogP contribution < -0.4 is 10.3 Å². The number of aromatic nitrogens is 1. The van der Waals surface area contributed by atoms with Crippen molar-refractivity contribution in [1.82, 2.24) is 4.98 Å². The topological polar surface area (TPSA) is 112 Å². The fourth-order valence-electron chi connectivity index (χ4n) is 1.32. The molecule has 11 heteroatoms. The van der Waals surface area contributed by atoms with Gasteiger partial charge in [-0.1, -0.05) is 0 Å². The maximum atomic E-state index is 12.0. The highest BCUT2D eigenvalue weighted by Crippen LogP contribution is 2.24. The summed E-state index contributed by atoms with van der Waals surface area (Å²) in [6.45, 7) is 0. The molecule has 1 aromatic rings. The van der Waals surface area contributed by atoms with Crippen molar-refractivity contribution < 1.29 is 32.4 Å². The molecule has 8 nitrogen and oxygen atoms in total. The number of halogens is 3. The third-order valence-corrected chi connectivity index (χ3v) is 2.03. The van der Waals surface area contributed by atoms with E-state index in [0.29, 0.717) is 6.07 Å². The van der Waals surface area contributed by atoms with Crippen LogP contribution in [0.15, 0.2) is 10.9 Å². The Labute approximate surface area is 108 Å². The average Bonchev–Trinajstić information content (AvgIpc) is 2.24. The third-order valence-electron chi connectivity index (χ3n) is 2.03. The van der Waals surface area contributed by atoms with E-state index in [1.54, 1.807) is 4.98 Å². The third kappa shape index (κ3) is 3.96. The molecule has 1 heterocycles. The van der Waals surface area contributed by atoms with Gasteiger partial charge < -0.3 is 9.47 Å². The van der Waals surface area contributed by atoms with Gasteiger partial charge in [0.25, 0.3) is 0 Å². The number of pyridine rings is 1. The van der Waals surface area contributed by atoms with Crippen LogP contribution in [0, 0.1) is 10.1 Å². The van der Waals surface area contributed by atoms with Crippen molar-refractivity contribution in [2.75, 3.05) is 7.11 Å². The predicted octanol–water partition coefficient (Wildman–Crippen LogP) is 0.897. The normalized spacial score (nSPS) is 11.0. The quantitative estimate of drug-likeness (QED) is 0.502. The van der Waals surface area contributed by atoms with Gasteiger partial charge in [-0.25, -0.2) is 0 Å². The van der Waals surface area contributed by atoms with Gasteiger partial charge in [0.15, 0.2) is 0 Å². The lowest BCUT2D eigenvalue weighted by Crippen LogP contribution is -2.22. The molecular formula is C9H7F3N2O6. The van der Waals surface area contributed by atoms with E-state index in [2.05, 4.69) is 9.47 Å². The van der Waals surface area contributed by atoms with E-state index >= 15 is 0 Å². The lowest BCUT2D eigenvalue weighted by Gasteiger charge is -2.09. The van der Waals surface area contributed by atoms with Crippen molar-refractivity contribution in [3.8, 4) is 5.88 Å². The number of esters is 1. The molecule has 110 valence electrons. The number of nitrogens with zero attached hydrogens (tertiary/aromatic N) is 1. The summed E-state index contributed by atoms with van der Waals surface area (Å²) >= 11 is 0. The first kappa shape index (κ1) is 15.5. The molecule has 0 aromatic carbocycles. The number of hydrogen-bond acceptors (Lipinski definition) is 6. The van der Waals surface area contributed by atoms with Gasteiger partial charge in [-0.3, -0.25) is 24.7 Å². The van der Waals surface area contributed by atoms with Crippen LogP contribution in [-0.2, 0) is 16.0 Å². The number of nitrogens with one attached hydrogen (secondary N) is 1. The molecule has 0 fully saturated rings. The van der Waals surface area contributed by atoms with Crippen LogP contribution in [0.4, 0.5) is 18.9 Å². The van der Waals surface area contributed by atoms with Crippen molar-refractivity contribution >= 4 is 11.7 Å². The monoisotopic (exact) mass is 296 g/mol. The molecule has 0 aliphatic carbocycles. The highest BCUT2D eigenvalue weighted by Gasteiger charge is 2.33. The van der Waals surface area contributed by atoms with Gasteiger partial charge in [0, 0.05) is 6.07 Å². The van der Waals surface area contributed by atoms with Crippen molar-refractivity contribution in [2.24, 2.45) is 0 Å². The zero-order valence-corrected chi connectivity index (χ0v) is 9.82. The van der Waals surface area contributed by atoms with E-state index < -0.39 is 46.4 Å². The molecule has 0 atom stereocenters. The molecule has 0 saturated heterocycles. The van der Waals surface area contributed by atoms with Crippen molar-refractivity contribution in [1.29, 1.82) is 0 Å². The van der Waals surface area contributed by atoms with Crippen LogP contribution in [-0.4, -0.2) is 29.3 Å². The maximum Gasteiger partial charge on any atom is 0.574 e. The summed E-state index contributed by atoms with van der Waals surface area (Å²) in [7, 11) is 0.981. The number of methoxy groups -OCH3 is 1. The summed E-state index contributed by atoms with van der Waals surface area (Å²) in [6, 6.07) is 0.546. The van der Waals surface area contributed by atoms with Gasteiger partial charge in [0.05, 0.1) is 24.0 Å². The SMILES string of the molecule is COC(=O)Cc1cc(OC(F)(F)F)[nH]c(=O)c1[N+](=O)[O-]. The highest BCUT2D eigenvalue weighted by molar-refractivity contribution is 5.74. The van der Waals surface area contributed by atoms with Crippen LogP contribution in [0.25, 0.3) is 0 Å². The minimum atomic E-state index is -5.10. The van der Waals surface area contributed by atoms with Gasteiger partial charge in [-0.05, 0) is 0 Å². The second kappa shape index (κ2) is 5.59. The van der Waals surface area contributed by atoms with E-state index in [4.69, 9.17) is 0 Å². The maximum absolute atomic E-state index is 12.0. The van der Waals surface area contributed by atoms with Crippen LogP contribution in [0.3, 0.4) is 0 Å². The van der Waals surface area contributed by atoms with Gasteiger partial charge in [0.1, 0.15) is 0 Å². The zero-order chi connectivity index (χ0) is 15.5. The van der Waals surface area contributed by atoms with E-state index in [1.807, 2.05) is 0 Å². The number of carbonyl (C=O) groups is 1. The molecule has 0 spiro atoms. The molecule has 1 N–H and O–H groups in total. The summed E-state index contributed by atoms with van der Waals surface area (Å²) < 4.78 is 43.7. The second-order valence-electron chi connectivity index (χ2n) is 3.39. The van der Waals surface area contributed by atoms with Gasteiger partial charge in [-0.2, -0.15) is 0 Å². The van der Waals surface area contributed by atoms with E-state index in [0.717, 1.165) is 7.11 Å². The van der Waals surface area contributed by atoms with Crippen LogP contribution in [0.2, 0.25) is 0 Å². The molecule has 0 radical (unpaired) electrons. The Morgan fingerprint density at radius 1 is 1.50 bits per heavy atom. The smallest absolute Gasteiger partial charge is 0.469 e. The van der Waals surface area contributed by atoms with Crippen molar-refractivity contribution in [3.63, 3.8) is 0 Å². The van der Waals surface area contributed by atoms with E-state index in [-0.39, 0.29) is 0 Å². The molecular weight excluding hydrogens is 289 g/mol. The Bertz CT molecular complexity index is 594. The van der Waals surface area contributed by atoms with Crippen LogP contribution in [0.1, 0.15) is 5.56 Å². The summed E-state index contributed by atoms with van der Waals surface area (Å²) in [5.74, 6) is -2.02. The Morgan fingerprint density at radius 2 is 2.10 bits per heavy atom. The predicted molar refractivity (Wildman–Crippen MR) is 56.1 cm³/mol. The number of H-pyrrole nitrogens is 1. The first-order chi connectivity index (χ1) is 9.14. The number of rotatable bonds is 4. The highest BCUT2D eigenvalue weighted by atomic mass is 19.4. The average molecular weight is 296 g/mol. The summed E-state index contributed by atoms with van der Waals surface area (Å²) in [5.41, 5.74) is -3.02. The minimum absolute atomic E-state index is 0.546. The molecule has 1 aromatic heterocycles. The number of carbonyl (C=O) groups excluding carboxylic acids is 1. The molecule has 20 heavy (non-hydrogen) atoms. The van der Waals surface area contributed by atoms with Gasteiger partial charge in [-0.15, -0.1) is 13.2 Å². The molecule has 1 rings (SSSR count). The number of hydrogen-bond donors (Lipinski definition) is 1. The van der Waals surface area contributed by atoms with E-state index in [9.17, 15) is 32.9 Å². The first-order valence-corrected chi connectivity index (χ1v) is 4.87. The molecule has 0 bridgehead atoms. The number of nitro groups is 1. The Balaban J connectivity index is 3.32. The minimum Gasteiger partial charge on any atom is -0.469 e. The lowest BCUT2D eigenvalue weighted by molar-refractivity contribution is -0.387. The molecule has 0 unspecified atom stereocenters. The summed E-state index contributed by atoms with van der Waals surface area (Å²) in [5, 5.41) is 10.7. The lowest BCUT2D eigenvalue weighted by atomic mass is 10.1. The second-order valence-corrected chi connectivity index (χ2v) is 3.39. The van der Waals surface area contributed by atoms with Gasteiger partial charge in [0.2, 0.25) is 5.88 Å².